The maximum absolute atomic E-state index is 12.8. The van der Waals surface area contributed by atoms with E-state index in [0.29, 0.717) is 10.7 Å². The summed E-state index contributed by atoms with van der Waals surface area (Å²) in [5.74, 6) is -0.437. The Morgan fingerprint density at radius 1 is 1.00 bits per heavy atom. The Morgan fingerprint density at radius 3 is 2.40 bits per heavy atom. The Kier molecular flexibility index (Phi) is 5.71. The highest BCUT2D eigenvalue weighted by Crippen LogP contribution is 2.37. The molecule has 0 fully saturated rings. The zero-order valence-electron chi connectivity index (χ0n) is 16.0. The average molecular weight is 418 g/mol. The molecule has 0 saturated carbocycles. The van der Waals surface area contributed by atoms with Gasteiger partial charge in [0.2, 0.25) is 5.91 Å². The van der Waals surface area contributed by atoms with Crippen LogP contribution in [0.2, 0.25) is 0 Å². The number of para-hydroxylation sites is 1. The van der Waals surface area contributed by atoms with E-state index in [4.69, 9.17) is 0 Å². The fourth-order valence-corrected chi connectivity index (χ4v) is 3.99. The van der Waals surface area contributed by atoms with Gasteiger partial charge in [0.1, 0.15) is 16.6 Å². The normalized spacial score (nSPS) is 11.8. The van der Waals surface area contributed by atoms with E-state index in [2.05, 4.69) is 25.7 Å². The van der Waals surface area contributed by atoms with E-state index in [1.165, 1.54) is 25.1 Å². The molecule has 2 aromatic carbocycles. The number of hydrogen-bond acceptors (Lipinski definition) is 6. The molecule has 30 heavy (non-hydrogen) atoms. The second-order valence-electron chi connectivity index (χ2n) is 6.28. The summed E-state index contributed by atoms with van der Waals surface area (Å²) in [5, 5.41) is 9.84. The van der Waals surface area contributed by atoms with Gasteiger partial charge in [0.25, 0.3) is 0 Å². The Bertz CT molecular complexity index is 1180. The lowest BCUT2D eigenvalue weighted by atomic mass is 10.1. The van der Waals surface area contributed by atoms with Gasteiger partial charge in [-0.15, -0.1) is 0 Å². The van der Waals surface area contributed by atoms with Crippen molar-refractivity contribution in [3.8, 4) is 5.69 Å². The van der Waals surface area contributed by atoms with Crippen molar-refractivity contribution in [1.82, 2.24) is 30.4 Å². The smallest absolute Gasteiger partial charge is 0.321 e. The summed E-state index contributed by atoms with van der Waals surface area (Å²) in [7, 11) is 1.46. The van der Waals surface area contributed by atoms with Crippen molar-refractivity contribution in [1.29, 1.82) is 0 Å². The molecule has 0 aliphatic heterocycles. The number of nitrogens with one attached hydrogen (secondary N) is 2. The summed E-state index contributed by atoms with van der Waals surface area (Å²) in [6.45, 7) is 0. The summed E-state index contributed by atoms with van der Waals surface area (Å²) in [5.41, 5.74) is 2.27. The van der Waals surface area contributed by atoms with Gasteiger partial charge in [-0.2, -0.15) is 5.10 Å². The third-order valence-electron chi connectivity index (χ3n) is 4.36. The number of amides is 3. The number of fused-ring (bicyclic) bond motifs is 1. The topological polar surface area (TPSA) is 102 Å². The standard InChI is InChI=1S/C21H18N6O2S/c1-22-21(29)26-19(28)17(14-8-4-2-5-9-14)30-20-16-12-25-27(18(16)23-13-24-20)15-10-6-3-7-11-15/h2-13,17H,1H3,(H2,22,26,28,29)/t17-/m0/s1. The number of hydrogen-bond donors (Lipinski definition) is 2. The van der Waals surface area contributed by atoms with Gasteiger partial charge in [0.05, 0.1) is 17.3 Å². The number of benzene rings is 2. The van der Waals surface area contributed by atoms with E-state index in [1.54, 1.807) is 10.9 Å². The lowest BCUT2D eigenvalue weighted by Gasteiger charge is -2.16. The molecular formula is C21H18N6O2S. The van der Waals surface area contributed by atoms with Crippen LogP contribution < -0.4 is 10.6 Å². The summed E-state index contributed by atoms with van der Waals surface area (Å²) >= 11 is 1.24. The third kappa shape index (κ3) is 4.01. The molecule has 0 aliphatic carbocycles. The summed E-state index contributed by atoms with van der Waals surface area (Å²) in [6.07, 6.45) is 3.13. The van der Waals surface area contributed by atoms with Crippen LogP contribution in [0.5, 0.6) is 0 Å². The van der Waals surface area contributed by atoms with Gasteiger partial charge < -0.3 is 5.32 Å². The van der Waals surface area contributed by atoms with Gasteiger partial charge in [0, 0.05) is 7.05 Å². The number of carbonyl (C=O) groups excluding carboxylic acids is 2. The second-order valence-corrected chi connectivity index (χ2v) is 7.38. The van der Waals surface area contributed by atoms with Crippen molar-refractivity contribution >= 4 is 34.7 Å². The van der Waals surface area contributed by atoms with Gasteiger partial charge in [-0.05, 0) is 17.7 Å². The van der Waals surface area contributed by atoms with Crippen molar-refractivity contribution in [3.63, 3.8) is 0 Å². The number of nitrogens with zero attached hydrogens (tertiary/aromatic N) is 4. The quantitative estimate of drug-likeness (QED) is 0.381. The fraction of sp³-hybridized carbons (Fsp3) is 0.0952. The molecule has 4 rings (SSSR count). The Labute approximate surface area is 176 Å². The van der Waals surface area contributed by atoms with Crippen LogP contribution >= 0.6 is 11.8 Å². The zero-order chi connectivity index (χ0) is 20.9. The summed E-state index contributed by atoms with van der Waals surface area (Å²) in [4.78, 5) is 33.3. The molecule has 1 atom stereocenters. The number of thioether (sulfide) groups is 1. The molecule has 4 aromatic rings. The predicted molar refractivity (Wildman–Crippen MR) is 114 cm³/mol. The van der Waals surface area contributed by atoms with Crippen LogP contribution in [0.15, 0.2) is 78.2 Å². The molecule has 150 valence electrons. The number of carbonyl (C=O) groups is 2. The Hall–Kier alpha value is -3.72. The van der Waals surface area contributed by atoms with Crippen molar-refractivity contribution in [2.24, 2.45) is 0 Å². The summed E-state index contributed by atoms with van der Waals surface area (Å²) < 4.78 is 1.73. The zero-order valence-corrected chi connectivity index (χ0v) is 16.8. The molecular weight excluding hydrogens is 400 g/mol. The van der Waals surface area contributed by atoms with Crippen LogP contribution in [0.4, 0.5) is 4.79 Å². The van der Waals surface area contributed by atoms with Crippen LogP contribution in [-0.2, 0) is 4.79 Å². The number of aromatic nitrogens is 4. The fourth-order valence-electron chi connectivity index (χ4n) is 2.93. The van der Waals surface area contributed by atoms with Crippen LogP contribution in [0.25, 0.3) is 16.7 Å². The van der Waals surface area contributed by atoms with Crippen molar-refractivity contribution < 1.29 is 9.59 Å². The maximum Gasteiger partial charge on any atom is 0.321 e. The minimum absolute atomic E-state index is 0.437. The molecule has 0 aliphatic rings. The first-order valence-corrected chi connectivity index (χ1v) is 10.0. The van der Waals surface area contributed by atoms with Gasteiger partial charge in [-0.3, -0.25) is 10.1 Å². The van der Waals surface area contributed by atoms with Crippen molar-refractivity contribution in [2.45, 2.75) is 10.3 Å². The molecule has 0 unspecified atom stereocenters. The minimum atomic E-state index is -0.679. The van der Waals surface area contributed by atoms with E-state index in [1.807, 2.05) is 60.7 Å². The van der Waals surface area contributed by atoms with Crippen molar-refractivity contribution in [2.75, 3.05) is 7.05 Å². The molecule has 3 amide bonds. The molecule has 8 nitrogen and oxygen atoms in total. The first-order valence-electron chi connectivity index (χ1n) is 9.15. The van der Waals surface area contributed by atoms with E-state index < -0.39 is 17.2 Å². The Morgan fingerprint density at radius 2 is 1.70 bits per heavy atom. The highest BCUT2D eigenvalue weighted by atomic mass is 32.2. The highest BCUT2D eigenvalue weighted by Gasteiger charge is 2.25. The van der Waals surface area contributed by atoms with Gasteiger partial charge in [-0.25, -0.2) is 19.4 Å². The third-order valence-corrected chi connectivity index (χ3v) is 5.63. The lowest BCUT2D eigenvalue weighted by Crippen LogP contribution is -2.39. The SMILES string of the molecule is CNC(=O)NC(=O)[C@@H](Sc1ncnc2c1cnn2-c1ccccc1)c1ccccc1. The first kappa shape index (κ1) is 19.6. The van der Waals surface area contributed by atoms with Crippen LogP contribution in [-0.4, -0.2) is 38.7 Å². The number of imide groups is 1. The molecule has 9 heteroatoms. The molecule has 0 spiro atoms. The largest absolute Gasteiger partial charge is 0.341 e. The Balaban J connectivity index is 1.72. The number of urea groups is 1. The minimum Gasteiger partial charge on any atom is -0.341 e. The van der Waals surface area contributed by atoms with Gasteiger partial charge in [-0.1, -0.05) is 60.3 Å². The molecule has 2 aromatic heterocycles. The van der Waals surface area contributed by atoms with Crippen molar-refractivity contribution in [3.05, 3.63) is 78.8 Å². The van der Waals surface area contributed by atoms with Crippen LogP contribution in [0.1, 0.15) is 10.8 Å². The van der Waals surface area contributed by atoms with Crippen LogP contribution in [0, 0.1) is 0 Å². The lowest BCUT2D eigenvalue weighted by molar-refractivity contribution is -0.119. The maximum atomic E-state index is 12.8. The van der Waals surface area contributed by atoms with E-state index in [9.17, 15) is 9.59 Å². The van der Waals surface area contributed by atoms with Gasteiger partial charge >= 0.3 is 6.03 Å². The average Bonchev–Trinajstić information content (AvgIpc) is 3.23. The number of rotatable bonds is 5. The predicted octanol–water partition coefficient (Wildman–Crippen LogP) is 3.10. The molecule has 0 saturated heterocycles. The molecule has 2 N–H and O–H groups in total. The second kappa shape index (κ2) is 8.75. The van der Waals surface area contributed by atoms with Crippen LogP contribution in [0.3, 0.4) is 0 Å². The summed E-state index contributed by atoms with van der Waals surface area (Å²) in [6, 6.07) is 18.3. The van der Waals surface area contributed by atoms with E-state index in [0.717, 1.165) is 16.6 Å². The van der Waals surface area contributed by atoms with E-state index >= 15 is 0 Å². The highest BCUT2D eigenvalue weighted by molar-refractivity contribution is 8.00. The van der Waals surface area contributed by atoms with Gasteiger partial charge in [0.15, 0.2) is 5.65 Å². The molecule has 0 bridgehead atoms. The first-order chi connectivity index (χ1) is 14.7. The molecule has 2 heterocycles. The van der Waals surface area contributed by atoms with E-state index in [-0.39, 0.29) is 0 Å². The monoisotopic (exact) mass is 418 g/mol. The molecule has 0 radical (unpaired) electrons.